The Kier molecular flexibility index (Phi) is 4.13. The molecule has 2 N–H and O–H groups in total. The van der Waals surface area contributed by atoms with Crippen LogP contribution in [0.25, 0.3) is 0 Å². The van der Waals surface area contributed by atoms with Crippen molar-refractivity contribution in [3.8, 4) is 5.75 Å². The first-order chi connectivity index (χ1) is 8.98. The third-order valence-electron chi connectivity index (χ3n) is 3.39. The maximum Gasteiger partial charge on any atom is 0.242 e. The summed E-state index contributed by atoms with van der Waals surface area (Å²) < 4.78 is 31.4. The highest BCUT2D eigenvalue weighted by molar-refractivity contribution is 7.89. The van der Waals surface area contributed by atoms with Crippen LogP contribution in [0.3, 0.4) is 0 Å². The first kappa shape index (κ1) is 14.3. The van der Waals surface area contributed by atoms with Crippen LogP contribution in [-0.2, 0) is 16.6 Å². The smallest absolute Gasteiger partial charge is 0.242 e. The largest absolute Gasteiger partial charge is 0.496 e. The van der Waals surface area contributed by atoms with E-state index in [4.69, 9.17) is 10.5 Å². The molecule has 0 unspecified atom stereocenters. The summed E-state index contributed by atoms with van der Waals surface area (Å²) in [5.41, 5.74) is 6.31. The van der Waals surface area contributed by atoms with Crippen molar-refractivity contribution in [2.45, 2.75) is 24.3 Å². The predicted octanol–water partition coefficient (Wildman–Crippen LogP) is 1.18. The van der Waals surface area contributed by atoms with Gasteiger partial charge in [-0.2, -0.15) is 0 Å². The van der Waals surface area contributed by atoms with Crippen molar-refractivity contribution in [3.05, 3.63) is 23.8 Å². The number of nitrogens with two attached hydrogens (primary N) is 1. The maximum atomic E-state index is 12.4. The minimum absolute atomic E-state index is 0.249. The summed E-state index contributed by atoms with van der Waals surface area (Å²) in [6.07, 6.45) is 2.24. The van der Waals surface area contributed by atoms with Crippen molar-refractivity contribution in [1.29, 1.82) is 0 Å². The van der Waals surface area contributed by atoms with E-state index in [0.717, 1.165) is 12.8 Å². The fraction of sp³-hybridized carbons (Fsp3) is 0.538. The molecular weight excluding hydrogens is 264 g/mol. The summed E-state index contributed by atoms with van der Waals surface area (Å²) in [7, 11) is -0.261. The van der Waals surface area contributed by atoms with Gasteiger partial charge in [-0.25, -0.2) is 12.7 Å². The topological polar surface area (TPSA) is 72.6 Å². The number of rotatable bonds is 6. The van der Waals surface area contributed by atoms with Gasteiger partial charge in [-0.05, 0) is 37.0 Å². The first-order valence-electron chi connectivity index (χ1n) is 6.32. The average molecular weight is 284 g/mol. The summed E-state index contributed by atoms with van der Waals surface area (Å²) in [6.45, 7) is 0.838. The predicted molar refractivity (Wildman–Crippen MR) is 73.4 cm³/mol. The van der Waals surface area contributed by atoms with Gasteiger partial charge in [0.25, 0.3) is 0 Å². The van der Waals surface area contributed by atoms with Crippen LogP contribution in [0.5, 0.6) is 5.75 Å². The Labute approximate surface area is 114 Å². The molecular formula is C13H20N2O3S. The molecule has 0 saturated heterocycles. The van der Waals surface area contributed by atoms with Gasteiger partial charge in [0.15, 0.2) is 0 Å². The van der Waals surface area contributed by atoms with E-state index in [0.29, 0.717) is 23.8 Å². The van der Waals surface area contributed by atoms with Gasteiger partial charge in [0.2, 0.25) is 10.0 Å². The molecule has 106 valence electrons. The van der Waals surface area contributed by atoms with Gasteiger partial charge in [0.05, 0.1) is 12.0 Å². The Morgan fingerprint density at radius 2 is 2.11 bits per heavy atom. The van der Waals surface area contributed by atoms with Crippen LogP contribution in [0, 0.1) is 5.92 Å². The summed E-state index contributed by atoms with van der Waals surface area (Å²) >= 11 is 0. The SMILES string of the molecule is COc1ccc(S(=O)(=O)N(C)CC2CC2)cc1CN. The minimum atomic E-state index is -3.43. The lowest BCUT2D eigenvalue weighted by atomic mass is 10.2. The molecule has 0 radical (unpaired) electrons. The molecule has 0 aliphatic heterocycles. The second-order valence-corrected chi connectivity index (χ2v) is 6.95. The van der Waals surface area contributed by atoms with Gasteiger partial charge in [0.1, 0.15) is 5.75 Å². The number of hydrogen-bond acceptors (Lipinski definition) is 4. The Morgan fingerprint density at radius 3 is 2.63 bits per heavy atom. The minimum Gasteiger partial charge on any atom is -0.496 e. The molecule has 2 rings (SSSR count). The maximum absolute atomic E-state index is 12.4. The van der Waals surface area contributed by atoms with E-state index in [1.807, 2.05) is 0 Å². The molecule has 19 heavy (non-hydrogen) atoms. The molecule has 6 heteroatoms. The van der Waals surface area contributed by atoms with Crippen LogP contribution in [0.1, 0.15) is 18.4 Å². The van der Waals surface area contributed by atoms with E-state index < -0.39 is 10.0 Å². The lowest BCUT2D eigenvalue weighted by Gasteiger charge is -2.18. The van der Waals surface area contributed by atoms with E-state index in [9.17, 15) is 8.42 Å². The summed E-state index contributed by atoms with van der Waals surface area (Å²) in [5, 5.41) is 0. The van der Waals surface area contributed by atoms with Gasteiger partial charge >= 0.3 is 0 Å². The van der Waals surface area contributed by atoms with Crippen molar-refractivity contribution >= 4 is 10.0 Å². The molecule has 0 bridgehead atoms. The molecule has 1 aromatic rings. The molecule has 0 heterocycles. The number of ether oxygens (including phenoxy) is 1. The Bertz CT molecular complexity index is 553. The Balaban J connectivity index is 2.28. The van der Waals surface area contributed by atoms with Crippen LogP contribution in [0.4, 0.5) is 0 Å². The van der Waals surface area contributed by atoms with Crippen LogP contribution >= 0.6 is 0 Å². The van der Waals surface area contributed by atoms with Gasteiger partial charge in [-0.3, -0.25) is 0 Å². The molecule has 1 aliphatic rings. The van der Waals surface area contributed by atoms with Crippen LogP contribution in [0.2, 0.25) is 0 Å². The Hall–Kier alpha value is -1.11. The van der Waals surface area contributed by atoms with Gasteiger partial charge in [-0.15, -0.1) is 0 Å². The third kappa shape index (κ3) is 3.08. The van der Waals surface area contributed by atoms with Gasteiger partial charge in [-0.1, -0.05) is 0 Å². The zero-order valence-electron chi connectivity index (χ0n) is 11.3. The van der Waals surface area contributed by atoms with Crippen molar-refractivity contribution in [3.63, 3.8) is 0 Å². The van der Waals surface area contributed by atoms with E-state index in [1.165, 1.54) is 4.31 Å². The quantitative estimate of drug-likeness (QED) is 0.851. The lowest BCUT2D eigenvalue weighted by Crippen LogP contribution is -2.29. The van der Waals surface area contributed by atoms with E-state index in [-0.39, 0.29) is 11.4 Å². The normalized spacial score (nSPS) is 15.8. The molecule has 1 aromatic carbocycles. The molecule has 0 amide bonds. The average Bonchev–Trinajstić information content (AvgIpc) is 3.21. The fourth-order valence-electron chi connectivity index (χ4n) is 2.02. The molecule has 0 atom stereocenters. The zero-order chi connectivity index (χ0) is 14.0. The number of nitrogens with zero attached hydrogens (tertiary/aromatic N) is 1. The second-order valence-electron chi connectivity index (χ2n) is 4.91. The standard InChI is InChI=1S/C13H20N2O3S/c1-15(9-10-3-4-10)19(16,17)12-5-6-13(18-2)11(7-12)8-14/h5-7,10H,3-4,8-9,14H2,1-2H3. The molecule has 1 aliphatic carbocycles. The second kappa shape index (κ2) is 5.48. The van der Waals surface area contributed by atoms with Crippen LogP contribution in [0.15, 0.2) is 23.1 Å². The van der Waals surface area contributed by atoms with Crippen molar-refractivity contribution in [2.24, 2.45) is 11.7 Å². The van der Waals surface area contributed by atoms with Crippen molar-refractivity contribution in [2.75, 3.05) is 20.7 Å². The van der Waals surface area contributed by atoms with Gasteiger partial charge in [0, 0.05) is 25.7 Å². The first-order valence-corrected chi connectivity index (χ1v) is 7.76. The molecule has 1 saturated carbocycles. The third-order valence-corrected chi connectivity index (χ3v) is 5.21. The fourth-order valence-corrected chi connectivity index (χ4v) is 3.32. The number of methoxy groups -OCH3 is 1. The molecule has 1 fully saturated rings. The number of hydrogen-bond donors (Lipinski definition) is 1. The van der Waals surface area contributed by atoms with E-state index in [2.05, 4.69) is 0 Å². The van der Waals surface area contributed by atoms with Crippen molar-refractivity contribution in [1.82, 2.24) is 4.31 Å². The summed E-state index contributed by atoms with van der Waals surface area (Å²) in [4.78, 5) is 0.275. The molecule has 0 spiro atoms. The zero-order valence-corrected chi connectivity index (χ0v) is 12.1. The van der Waals surface area contributed by atoms with E-state index in [1.54, 1.807) is 32.4 Å². The number of benzene rings is 1. The number of sulfonamides is 1. The summed E-state index contributed by atoms with van der Waals surface area (Å²) in [5.74, 6) is 1.14. The Morgan fingerprint density at radius 1 is 1.42 bits per heavy atom. The van der Waals surface area contributed by atoms with Crippen molar-refractivity contribution < 1.29 is 13.2 Å². The van der Waals surface area contributed by atoms with Gasteiger partial charge < -0.3 is 10.5 Å². The van der Waals surface area contributed by atoms with Crippen LogP contribution < -0.4 is 10.5 Å². The molecule has 0 aromatic heterocycles. The lowest BCUT2D eigenvalue weighted by molar-refractivity contribution is 0.409. The highest BCUT2D eigenvalue weighted by Gasteiger charge is 2.29. The highest BCUT2D eigenvalue weighted by Crippen LogP contribution is 2.31. The summed E-state index contributed by atoms with van der Waals surface area (Å²) in [6, 6.07) is 4.81. The molecule has 5 nitrogen and oxygen atoms in total. The highest BCUT2D eigenvalue weighted by atomic mass is 32.2. The monoisotopic (exact) mass is 284 g/mol. The van der Waals surface area contributed by atoms with E-state index >= 15 is 0 Å². The van der Waals surface area contributed by atoms with Crippen LogP contribution in [-0.4, -0.2) is 33.4 Å².